The van der Waals surface area contributed by atoms with Crippen LogP contribution in [0.3, 0.4) is 0 Å². The van der Waals surface area contributed by atoms with Gasteiger partial charge in [-0.1, -0.05) is 0 Å². The molecule has 20 heavy (non-hydrogen) atoms. The Bertz CT molecular complexity index is 516. The first-order valence-corrected chi connectivity index (χ1v) is 6.20. The van der Waals surface area contributed by atoms with Crippen LogP contribution in [-0.4, -0.2) is 43.0 Å². The van der Waals surface area contributed by atoms with Gasteiger partial charge in [-0.05, 0) is 13.8 Å². The summed E-state index contributed by atoms with van der Waals surface area (Å²) in [5.74, 6) is 0.114. The molecular formula is C13H18N2O5. The zero-order chi connectivity index (χ0) is 15.3. The van der Waals surface area contributed by atoms with E-state index in [0.717, 1.165) is 0 Å². The van der Waals surface area contributed by atoms with Crippen molar-refractivity contribution in [3.8, 4) is 11.5 Å². The van der Waals surface area contributed by atoms with Gasteiger partial charge in [0.15, 0.2) is 11.5 Å². The van der Waals surface area contributed by atoms with E-state index in [9.17, 15) is 14.9 Å². The number of carbonyl (C=O) groups excluding carboxylic acids is 1. The van der Waals surface area contributed by atoms with Crippen molar-refractivity contribution in [2.45, 2.75) is 13.8 Å². The summed E-state index contributed by atoms with van der Waals surface area (Å²) in [4.78, 5) is 24.1. The Morgan fingerprint density at radius 1 is 1.35 bits per heavy atom. The zero-order valence-electron chi connectivity index (χ0n) is 12.0. The van der Waals surface area contributed by atoms with E-state index in [-0.39, 0.29) is 17.0 Å². The molecule has 0 atom stereocenters. The number of amides is 1. The Balaban J connectivity index is 3.41. The van der Waals surface area contributed by atoms with E-state index in [1.807, 2.05) is 0 Å². The van der Waals surface area contributed by atoms with Crippen LogP contribution in [0.15, 0.2) is 12.1 Å². The number of hydrogen-bond acceptors (Lipinski definition) is 5. The van der Waals surface area contributed by atoms with Crippen LogP contribution in [0.25, 0.3) is 0 Å². The van der Waals surface area contributed by atoms with Crippen LogP contribution in [0.5, 0.6) is 11.5 Å². The topological polar surface area (TPSA) is 81.9 Å². The van der Waals surface area contributed by atoms with Gasteiger partial charge >= 0.3 is 0 Å². The first kappa shape index (κ1) is 15.7. The van der Waals surface area contributed by atoms with E-state index < -0.39 is 10.8 Å². The molecule has 0 spiro atoms. The van der Waals surface area contributed by atoms with Crippen molar-refractivity contribution in [1.82, 2.24) is 4.90 Å². The molecule has 1 aromatic rings. The summed E-state index contributed by atoms with van der Waals surface area (Å²) >= 11 is 0. The maximum absolute atomic E-state index is 12.2. The number of hydrogen-bond donors (Lipinski definition) is 0. The van der Waals surface area contributed by atoms with Gasteiger partial charge in [0.05, 0.1) is 24.7 Å². The number of nitro groups is 1. The van der Waals surface area contributed by atoms with E-state index in [0.29, 0.717) is 18.9 Å². The predicted molar refractivity (Wildman–Crippen MR) is 73.5 cm³/mol. The van der Waals surface area contributed by atoms with Crippen LogP contribution < -0.4 is 9.47 Å². The third kappa shape index (κ3) is 3.17. The number of nitro benzene ring substituents is 1. The minimum atomic E-state index is -0.599. The average molecular weight is 282 g/mol. The fourth-order valence-electron chi connectivity index (χ4n) is 1.65. The minimum absolute atomic E-state index is 0.0142. The Hall–Kier alpha value is -2.31. The fraction of sp³-hybridized carbons (Fsp3) is 0.462. The first-order valence-electron chi connectivity index (χ1n) is 6.20. The summed E-state index contributed by atoms with van der Waals surface area (Å²) in [6.45, 7) is 4.34. The average Bonchev–Trinajstić information content (AvgIpc) is 2.45. The summed E-state index contributed by atoms with van der Waals surface area (Å²) in [6.07, 6.45) is 0. The Morgan fingerprint density at radius 2 is 2.00 bits per heavy atom. The molecule has 0 N–H and O–H groups in total. The molecule has 7 heteroatoms. The summed E-state index contributed by atoms with van der Waals surface area (Å²) in [7, 11) is 3.00. The molecule has 0 fully saturated rings. The molecule has 7 nitrogen and oxygen atoms in total. The zero-order valence-corrected chi connectivity index (χ0v) is 12.0. The van der Waals surface area contributed by atoms with Crippen molar-refractivity contribution >= 4 is 11.6 Å². The first-order chi connectivity index (χ1) is 9.46. The highest BCUT2D eigenvalue weighted by molar-refractivity contribution is 5.98. The summed E-state index contributed by atoms with van der Waals surface area (Å²) in [5.41, 5.74) is -0.306. The van der Waals surface area contributed by atoms with Crippen molar-refractivity contribution in [2.24, 2.45) is 0 Å². The largest absolute Gasteiger partial charge is 0.493 e. The lowest BCUT2D eigenvalue weighted by Crippen LogP contribution is -2.27. The van der Waals surface area contributed by atoms with Crippen LogP contribution >= 0.6 is 0 Å². The normalized spacial score (nSPS) is 10.0. The number of ether oxygens (including phenoxy) is 2. The van der Waals surface area contributed by atoms with Gasteiger partial charge in [0.2, 0.25) is 0 Å². The highest BCUT2D eigenvalue weighted by Crippen LogP contribution is 2.35. The third-order valence-corrected chi connectivity index (χ3v) is 2.83. The summed E-state index contributed by atoms with van der Waals surface area (Å²) < 4.78 is 10.4. The maximum Gasteiger partial charge on any atom is 0.286 e. The molecule has 0 aliphatic rings. The van der Waals surface area contributed by atoms with Crippen LogP contribution in [0.1, 0.15) is 24.2 Å². The predicted octanol–water partition coefficient (Wildman–Crippen LogP) is 2.09. The van der Waals surface area contributed by atoms with Crippen molar-refractivity contribution in [2.75, 3.05) is 27.3 Å². The molecular weight excluding hydrogens is 264 g/mol. The molecule has 110 valence electrons. The second-order valence-corrected chi connectivity index (χ2v) is 4.03. The van der Waals surface area contributed by atoms with Crippen LogP contribution in [0.4, 0.5) is 5.69 Å². The lowest BCUT2D eigenvalue weighted by Gasteiger charge is -2.16. The van der Waals surface area contributed by atoms with Crippen LogP contribution in [0.2, 0.25) is 0 Å². The molecule has 0 radical (unpaired) electrons. The lowest BCUT2D eigenvalue weighted by atomic mass is 10.1. The minimum Gasteiger partial charge on any atom is -0.493 e. The molecule has 0 aliphatic heterocycles. The number of carbonyl (C=O) groups is 1. The Morgan fingerprint density at radius 3 is 2.45 bits per heavy atom. The van der Waals surface area contributed by atoms with Gasteiger partial charge in [-0.25, -0.2) is 0 Å². The van der Waals surface area contributed by atoms with Gasteiger partial charge in [-0.15, -0.1) is 0 Å². The number of methoxy groups -OCH3 is 1. The molecule has 0 bridgehead atoms. The molecule has 1 aromatic carbocycles. The molecule has 0 saturated heterocycles. The number of nitrogens with zero attached hydrogens (tertiary/aromatic N) is 2. The van der Waals surface area contributed by atoms with Crippen molar-refractivity contribution in [1.29, 1.82) is 0 Å². The van der Waals surface area contributed by atoms with Gasteiger partial charge in [0.1, 0.15) is 5.56 Å². The van der Waals surface area contributed by atoms with Gasteiger partial charge in [0.25, 0.3) is 11.6 Å². The second kappa shape index (κ2) is 6.74. The van der Waals surface area contributed by atoms with Gasteiger partial charge in [-0.3, -0.25) is 14.9 Å². The molecule has 0 heterocycles. The smallest absolute Gasteiger partial charge is 0.286 e. The molecule has 1 amide bonds. The van der Waals surface area contributed by atoms with Gasteiger partial charge in [0, 0.05) is 19.7 Å². The second-order valence-electron chi connectivity index (χ2n) is 4.03. The van der Waals surface area contributed by atoms with E-state index in [1.165, 1.54) is 24.1 Å². The monoisotopic (exact) mass is 282 g/mol. The van der Waals surface area contributed by atoms with Crippen LogP contribution in [0, 0.1) is 10.1 Å². The van der Waals surface area contributed by atoms with E-state index in [4.69, 9.17) is 9.47 Å². The summed E-state index contributed by atoms with van der Waals surface area (Å²) in [5, 5.41) is 11.1. The quantitative estimate of drug-likeness (QED) is 0.589. The molecule has 0 aliphatic carbocycles. The van der Waals surface area contributed by atoms with Gasteiger partial charge < -0.3 is 14.4 Å². The van der Waals surface area contributed by atoms with Crippen molar-refractivity contribution in [3.05, 3.63) is 27.8 Å². The number of rotatable bonds is 6. The van der Waals surface area contributed by atoms with Gasteiger partial charge in [-0.2, -0.15) is 0 Å². The van der Waals surface area contributed by atoms with E-state index >= 15 is 0 Å². The standard InChI is InChI=1S/C13H18N2O5/c1-5-14(3)13(16)9-7-11(19-4)12(20-6-2)8-10(9)15(17)18/h7-8H,5-6H2,1-4H3. The molecule has 0 saturated carbocycles. The Kier molecular flexibility index (Phi) is 5.31. The van der Waals surface area contributed by atoms with E-state index in [1.54, 1.807) is 20.9 Å². The maximum atomic E-state index is 12.2. The fourth-order valence-corrected chi connectivity index (χ4v) is 1.65. The SMILES string of the molecule is CCOc1cc([N+](=O)[O-])c(C(=O)N(C)CC)cc1OC. The van der Waals surface area contributed by atoms with Crippen molar-refractivity contribution < 1.29 is 19.2 Å². The van der Waals surface area contributed by atoms with Crippen molar-refractivity contribution in [3.63, 3.8) is 0 Å². The summed E-state index contributed by atoms with van der Waals surface area (Å²) in [6, 6.07) is 2.57. The molecule has 0 unspecified atom stereocenters. The molecule has 1 rings (SSSR count). The van der Waals surface area contributed by atoms with E-state index in [2.05, 4.69) is 0 Å². The Labute approximate surface area is 117 Å². The lowest BCUT2D eigenvalue weighted by molar-refractivity contribution is -0.385. The highest BCUT2D eigenvalue weighted by Gasteiger charge is 2.26. The number of benzene rings is 1. The van der Waals surface area contributed by atoms with Crippen LogP contribution in [-0.2, 0) is 0 Å². The third-order valence-electron chi connectivity index (χ3n) is 2.83. The molecule has 0 aromatic heterocycles. The highest BCUT2D eigenvalue weighted by atomic mass is 16.6.